The molecule has 1 aliphatic rings. The smallest absolute Gasteiger partial charge is 0.117 e. The zero-order valence-corrected chi connectivity index (χ0v) is 10.1. The van der Waals surface area contributed by atoms with E-state index in [1.165, 1.54) is 0 Å². The Labute approximate surface area is 88.5 Å². The summed E-state index contributed by atoms with van der Waals surface area (Å²) in [5, 5.41) is 9.06. The molecule has 1 saturated carbocycles. The van der Waals surface area contributed by atoms with Crippen LogP contribution in [0.1, 0.15) is 40.5 Å². The van der Waals surface area contributed by atoms with Crippen molar-refractivity contribution in [3.63, 3.8) is 0 Å². The third-order valence-electron chi connectivity index (χ3n) is 2.49. The zero-order chi connectivity index (χ0) is 11.0. The average Bonchev–Trinajstić information content (AvgIpc) is 2.84. The first-order valence-electron chi connectivity index (χ1n) is 4.90. The first-order chi connectivity index (χ1) is 6.29. The molecule has 0 aromatic carbocycles. The molecular formula is C10H18N2OS. The number of nitrogens with one attached hydrogen (secondary N) is 1. The van der Waals surface area contributed by atoms with Gasteiger partial charge in [-0.25, -0.2) is 8.93 Å². The second-order valence-corrected chi connectivity index (χ2v) is 7.04. The normalized spacial score (nSPS) is 23.6. The fraction of sp³-hybridized carbons (Fsp3) is 0.900. The maximum Gasteiger partial charge on any atom is 0.117 e. The van der Waals surface area contributed by atoms with Crippen LogP contribution < -0.4 is 4.72 Å². The SMILES string of the molecule is CC(C#N)(N[S@](=O)C(C)(C)C)C1CC1. The summed E-state index contributed by atoms with van der Waals surface area (Å²) >= 11 is 0. The van der Waals surface area contributed by atoms with Gasteiger partial charge in [0, 0.05) is 0 Å². The summed E-state index contributed by atoms with van der Waals surface area (Å²) in [4.78, 5) is 0. The van der Waals surface area contributed by atoms with Gasteiger partial charge in [-0.3, -0.25) is 0 Å². The fourth-order valence-electron chi connectivity index (χ4n) is 1.20. The second-order valence-electron chi connectivity index (χ2n) is 5.07. The Hall–Kier alpha value is -0.400. The van der Waals surface area contributed by atoms with Crippen LogP contribution in [0.25, 0.3) is 0 Å². The molecule has 0 saturated heterocycles. The van der Waals surface area contributed by atoms with Crippen molar-refractivity contribution in [3.8, 4) is 6.07 Å². The minimum atomic E-state index is -1.16. The van der Waals surface area contributed by atoms with Crippen molar-refractivity contribution in [2.75, 3.05) is 0 Å². The molecule has 0 aromatic heterocycles. The standard InChI is InChI=1S/C10H18N2OS/c1-9(2,3)14(13)12-10(4,7-11)8-5-6-8/h8,12H,5-6H2,1-4H3/t10?,14-/m1/s1. The van der Waals surface area contributed by atoms with E-state index in [1.807, 2.05) is 27.7 Å². The van der Waals surface area contributed by atoms with E-state index in [9.17, 15) is 4.21 Å². The Morgan fingerprint density at radius 2 is 1.86 bits per heavy atom. The predicted octanol–water partition coefficient (Wildman–Crippen LogP) is 1.73. The molecule has 1 rings (SSSR count). The van der Waals surface area contributed by atoms with Gasteiger partial charge in [0.1, 0.15) is 5.54 Å². The van der Waals surface area contributed by atoms with Gasteiger partial charge in [-0.15, -0.1) is 0 Å². The highest BCUT2D eigenvalue weighted by molar-refractivity contribution is 7.84. The van der Waals surface area contributed by atoms with Gasteiger partial charge in [0.15, 0.2) is 0 Å². The molecule has 14 heavy (non-hydrogen) atoms. The van der Waals surface area contributed by atoms with Gasteiger partial charge in [0.05, 0.1) is 21.8 Å². The summed E-state index contributed by atoms with van der Waals surface area (Å²) in [5.41, 5.74) is -0.613. The molecule has 3 nitrogen and oxygen atoms in total. The topological polar surface area (TPSA) is 52.9 Å². The molecule has 0 spiro atoms. The van der Waals surface area contributed by atoms with E-state index in [2.05, 4.69) is 10.8 Å². The molecule has 0 radical (unpaired) electrons. The van der Waals surface area contributed by atoms with Crippen LogP contribution in [0.2, 0.25) is 0 Å². The predicted molar refractivity (Wildman–Crippen MR) is 57.8 cm³/mol. The molecular weight excluding hydrogens is 196 g/mol. The number of hydrogen-bond donors (Lipinski definition) is 1. The van der Waals surface area contributed by atoms with Crippen molar-refractivity contribution in [3.05, 3.63) is 0 Å². The first kappa shape index (κ1) is 11.7. The second kappa shape index (κ2) is 3.63. The molecule has 2 atom stereocenters. The number of nitriles is 1. The summed E-state index contributed by atoms with van der Waals surface area (Å²) in [6.07, 6.45) is 2.14. The van der Waals surface area contributed by atoms with Crippen molar-refractivity contribution >= 4 is 11.0 Å². The van der Waals surface area contributed by atoms with Crippen molar-refractivity contribution in [2.45, 2.75) is 50.8 Å². The largest absolute Gasteiger partial charge is 0.242 e. The summed E-state index contributed by atoms with van der Waals surface area (Å²) in [7, 11) is -1.16. The minimum absolute atomic E-state index is 0.312. The molecule has 4 heteroatoms. The molecule has 1 unspecified atom stereocenters. The van der Waals surface area contributed by atoms with E-state index in [-0.39, 0.29) is 4.75 Å². The number of hydrogen-bond acceptors (Lipinski definition) is 2. The Morgan fingerprint density at radius 1 is 1.36 bits per heavy atom. The zero-order valence-electron chi connectivity index (χ0n) is 9.26. The molecule has 0 heterocycles. The van der Waals surface area contributed by atoms with Crippen LogP contribution in [0.5, 0.6) is 0 Å². The third-order valence-corrected chi connectivity index (χ3v) is 4.21. The van der Waals surface area contributed by atoms with Gasteiger partial charge in [0.25, 0.3) is 0 Å². The average molecular weight is 214 g/mol. The lowest BCUT2D eigenvalue weighted by atomic mass is 10.0. The number of nitrogens with zero attached hydrogens (tertiary/aromatic N) is 1. The van der Waals surface area contributed by atoms with Gasteiger partial charge >= 0.3 is 0 Å². The molecule has 0 amide bonds. The number of rotatable bonds is 3. The molecule has 0 aliphatic heterocycles. The Balaban J connectivity index is 2.67. The Morgan fingerprint density at radius 3 is 2.14 bits per heavy atom. The van der Waals surface area contributed by atoms with Gasteiger partial charge in [-0.1, -0.05) is 0 Å². The van der Waals surface area contributed by atoms with E-state index in [4.69, 9.17) is 5.26 Å². The van der Waals surface area contributed by atoms with Crippen LogP contribution >= 0.6 is 0 Å². The van der Waals surface area contributed by atoms with Crippen LogP contribution in [0.15, 0.2) is 0 Å². The van der Waals surface area contributed by atoms with Crippen LogP contribution in [-0.4, -0.2) is 14.5 Å². The molecule has 1 fully saturated rings. The van der Waals surface area contributed by atoms with E-state index >= 15 is 0 Å². The van der Waals surface area contributed by atoms with Crippen molar-refractivity contribution in [1.82, 2.24) is 4.72 Å². The van der Waals surface area contributed by atoms with Crippen molar-refractivity contribution < 1.29 is 4.21 Å². The highest BCUT2D eigenvalue weighted by Gasteiger charge is 2.44. The lowest BCUT2D eigenvalue weighted by Crippen LogP contribution is -2.48. The monoisotopic (exact) mass is 214 g/mol. The molecule has 0 bridgehead atoms. The van der Waals surface area contributed by atoms with Crippen LogP contribution in [-0.2, 0) is 11.0 Å². The first-order valence-corrected chi connectivity index (χ1v) is 6.05. The van der Waals surface area contributed by atoms with E-state index in [0.29, 0.717) is 5.92 Å². The third kappa shape index (κ3) is 2.55. The molecule has 1 aliphatic carbocycles. The van der Waals surface area contributed by atoms with E-state index in [1.54, 1.807) is 0 Å². The minimum Gasteiger partial charge on any atom is -0.242 e. The van der Waals surface area contributed by atoms with Crippen molar-refractivity contribution in [2.24, 2.45) is 5.92 Å². The van der Waals surface area contributed by atoms with E-state index in [0.717, 1.165) is 12.8 Å². The van der Waals surface area contributed by atoms with Crippen LogP contribution in [0.4, 0.5) is 0 Å². The van der Waals surface area contributed by atoms with Crippen LogP contribution in [0.3, 0.4) is 0 Å². The van der Waals surface area contributed by atoms with Gasteiger partial charge < -0.3 is 0 Å². The Bertz CT molecular complexity index is 285. The fourth-order valence-corrected chi connectivity index (χ4v) is 2.11. The summed E-state index contributed by atoms with van der Waals surface area (Å²) in [6.45, 7) is 7.55. The van der Waals surface area contributed by atoms with Gasteiger partial charge in [-0.2, -0.15) is 5.26 Å². The molecule has 1 N–H and O–H groups in total. The molecule has 80 valence electrons. The summed E-state index contributed by atoms with van der Waals surface area (Å²) in [6, 6.07) is 2.24. The van der Waals surface area contributed by atoms with Crippen molar-refractivity contribution in [1.29, 1.82) is 5.26 Å². The van der Waals surface area contributed by atoms with Gasteiger partial charge in [0.2, 0.25) is 0 Å². The Kier molecular flexibility index (Phi) is 3.03. The highest BCUT2D eigenvalue weighted by atomic mass is 32.2. The highest BCUT2D eigenvalue weighted by Crippen LogP contribution is 2.39. The van der Waals surface area contributed by atoms with Gasteiger partial charge in [-0.05, 0) is 46.5 Å². The summed E-state index contributed by atoms with van der Waals surface area (Å²) in [5.74, 6) is 0.374. The lowest BCUT2D eigenvalue weighted by Gasteiger charge is -2.27. The van der Waals surface area contributed by atoms with E-state index < -0.39 is 16.5 Å². The lowest BCUT2D eigenvalue weighted by molar-refractivity contribution is 0.470. The maximum atomic E-state index is 11.8. The quantitative estimate of drug-likeness (QED) is 0.778. The maximum absolute atomic E-state index is 11.8. The summed E-state index contributed by atoms with van der Waals surface area (Å²) < 4.78 is 14.5. The molecule has 0 aromatic rings. The van der Waals surface area contributed by atoms with Crippen LogP contribution in [0, 0.1) is 17.2 Å².